The molecule has 2 aromatic rings. The number of nitrogen functional groups attached to an aromatic ring is 1. The van der Waals surface area contributed by atoms with Gasteiger partial charge in [-0.25, -0.2) is 4.99 Å². The molecule has 15 heteroatoms. The number of carboxylic acid groups (broad SMARTS) is 1. The summed E-state index contributed by atoms with van der Waals surface area (Å²) in [5, 5.41) is 21.7. The molecule has 15 nitrogen and oxygen atoms in total. The molecule has 0 aromatic heterocycles. The first kappa shape index (κ1) is 30.1. The van der Waals surface area contributed by atoms with E-state index in [9.17, 15) is 29.1 Å². The summed E-state index contributed by atoms with van der Waals surface area (Å²) in [7, 11) is 0. The second-order valence-electron chi connectivity index (χ2n) is 9.08. The van der Waals surface area contributed by atoms with Crippen molar-refractivity contribution in [3.05, 3.63) is 70.8 Å². The summed E-state index contributed by atoms with van der Waals surface area (Å²) < 4.78 is 0. The van der Waals surface area contributed by atoms with Crippen LogP contribution in [0.1, 0.15) is 31.8 Å². The van der Waals surface area contributed by atoms with E-state index in [1.807, 2.05) is 0 Å². The third-order valence-corrected chi connectivity index (χ3v) is 6.20. The smallest absolute Gasteiger partial charge is 0.323 e. The number of aliphatic carboxylic acids is 1. The Morgan fingerprint density at radius 3 is 2.02 bits per heavy atom. The van der Waals surface area contributed by atoms with Crippen molar-refractivity contribution in [3.63, 3.8) is 0 Å². The van der Waals surface area contributed by atoms with Crippen LogP contribution in [-0.2, 0) is 20.9 Å². The van der Waals surface area contributed by atoms with Crippen LogP contribution in [-0.4, -0.2) is 95.1 Å². The largest absolute Gasteiger partial charge is 0.480 e. The zero-order valence-electron chi connectivity index (χ0n) is 22.0. The standard InChI is InChI=1S/C26H31N9O6/c27-22(28)16-5-7-18(8-6-16)24(40)32-13-20(36)35-10-9-34(14-21(37)38)25(41)19(35)12-31-23(39)17-3-1-15(2-4-17)11-33-26(29)30/h1-8,19H,9-14H2,(H3,27,28)(H,31,39)(H,32,40)(H,37,38)(H4,29,30,33). The number of aliphatic imine (C=N–C) groups is 1. The molecule has 0 bridgehead atoms. The van der Waals surface area contributed by atoms with Crippen LogP contribution in [0.5, 0.6) is 0 Å². The fraction of sp³-hybridized carbons (Fsp3) is 0.269. The van der Waals surface area contributed by atoms with Crippen molar-refractivity contribution in [2.45, 2.75) is 12.6 Å². The number of rotatable bonds is 11. The molecule has 0 aliphatic carbocycles. The van der Waals surface area contributed by atoms with E-state index in [1.54, 1.807) is 24.3 Å². The van der Waals surface area contributed by atoms with Crippen LogP contribution in [0.4, 0.5) is 0 Å². The Morgan fingerprint density at radius 2 is 1.46 bits per heavy atom. The molecule has 1 aliphatic rings. The number of nitrogens with one attached hydrogen (secondary N) is 3. The van der Waals surface area contributed by atoms with Gasteiger partial charge in [-0.1, -0.05) is 24.3 Å². The second kappa shape index (κ2) is 13.5. The molecule has 1 aliphatic heterocycles. The molecule has 216 valence electrons. The predicted molar refractivity (Wildman–Crippen MR) is 148 cm³/mol. The highest BCUT2D eigenvalue weighted by atomic mass is 16.4. The van der Waals surface area contributed by atoms with Crippen molar-refractivity contribution < 1.29 is 29.1 Å². The fourth-order valence-corrected chi connectivity index (χ4v) is 4.05. The van der Waals surface area contributed by atoms with Gasteiger partial charge in [0.05, 0.1) is 13.1 Å². The van der Waals surface area contributed by atoms with Gasteiger partial charge in [0.25, 0.3) is 11.8 Å². The molecule has 0 spiro atoms. The number of carboxylic acids is 1. The SMILES string of the molecule is N=C(N)c1ccc(C(=O)NCC(=O)N2CCN(CC(=O)O)C(=O)C2CNC(=O)c2ccc(CN=C(N)N)cc2)cc1. The number of carbonyl (C=O) groups excluding carboxylic acids is 4. The lowest BCUT2D eigenvalue weighted by Crippen LogP contribution is -2.63. The summed E-state index contributed by atoms with van der Waals surface area (Å²) in [5.41, 5.74) is 17.8. The number of guanidine groups is 1. The molecule has 1 unspecified atom stereocenters. The maximum Gasteiger partial charge on any atom is 0.323 e. The molecule has 10 N–H and O–H groups in total. The highest BCUT2D eigenvalue weighted by Crippen LogP contribution is 2.13. The quantitative estimate of drug-likeness (QED) is 0.118. The molecule has 1 saturated heterocycles. The van der Waals surface area contributed by atoms with Gasteiger partial charge in [-0.05, 0) is 29.8 Å². The average Bonchev–Trinajstić information content (AvgIpc) is 2.94. The topological polar surface area (TPSA) is 250 Å². The minimum atomic E-state index is -1.22. The minimum absolute atomic E-state index is 0.00105. The van der Waals surface area contributed by atoms with Crippen molar-refractivity contribution in [1.82, 2.24) is 20.4 Å². The number of hydrogen-bond donors (Lipinski definition) is 7. The summed E-state index contributed by atoms with van der Waals surface area (Å²) in [6.07, 6.45) is 0. The van der Waals surface area contributed by atoms with Gasteiger partial charge in [-0.15, -0.1) is 0 Å². The Balaban J connectivity index is 1.67. The molecule has 1 fully saturated rings. The van der Waals surface area contributed by atoms with Crippen molar-refractivity contribution in [1.29, 1.82) is 5.41 Å². The average molecular weight is 566 g/mol. The Hall–Kier alpha value is -5.47. The van der Waals surface area contributed by atoms with Crippen LogP contribution < -0.4 is 27.8 Å². The van der Waals surface area contributed by atoms with Gasteiger partial charge in [0.2, 0.25) is 11.8 Å². The minimum Gasteiger partial charge on any atom is -0.480 e. The molecule has 41 heavy (non-hydrogen) atoms. The summed E-state index contributed by atoms with van der Waals surface area (Å²) in [6, 6.07) is 11.1. The molecule has 2 aromatic carbocycles. The third-order valence-electron chi connectivity index (χ3n) is 6.20. The number of amidine groups is 1. The zero-order chi connectivity index (χ0) is 30.1. The lowest BCUT2D eigenvalue weighted by molar-refractivity contribution is -0.154. The number of carbonyl (C=O) groups is 5. The van der Waals surface area contributed by atoms with E-state index in [2.05, 4.69) is 15.6 Å². The van der Waals surface area contributed by atoms with Crippen LogP contribution in [0.15, 0.2) is 53.5 Å². The van der Waals surface area contributed by atoms with Gasteiger partial charge < -0.3 is 42.7 Å². The summed E-state index contributed by atoms with van der Waals surface area (Å²) >= 11 is 0. The molecule has 1 atom stereocenters. The lowest BCUT2D eigenvalue weighted by Gasteiger charge is -2.40. The predicted octanol–water partition coefficient (Wildman–Crippen LogP) is -1.97. The van der Waals surface area contributed by atoms with Crippen molar-refractivity contribution in [2.24, 2.45) is 22.2 Å². The van der Waals surface area contributed by atoms with Crippen LogP contribution >= 0.6 is 0 Å². The Labute approximate surface area is 234 Å². The number of nitrogens with zero attached hydrogens (tertiary/aromatic N) is 3. The monoisotopic (exact) mass is 565 g/mol. The lowest BCUT2D eigenvalue weighted by atomic mass is 10.1. The Morgan fingerprint density at radius 1 is 0.902 bits per heavy atom. The van der Waals surface area contributed by atoms with Crippen molar-refractivity contribution in [3.8, 4) is 0 Å². The first-order chi connectivity index (χ1) is 19.5. The first-order valence-electron chi connectivity index (χ1n) is 12.4. The molecule has 1 heterocycles. The summed E-state index contributed by atoms with van der Waals surface area (Å²) in [5.74, 6) is -3.75. The van der Waals surface area contributed by atoms with E-state index >= 15 is 0 Å². The number of piperazine rings is 1. The zero-order valence-corrected chi connectivity index (χ0v) is 22.0. The van der Waals surface area contributed by atoms with E-state index in [1.165, 1.54) is 29.2 Å². The number of amides is 4. The third kappa shape index (κ3) is 8.26. The fourth-order valence-electron chi connectivity index (χ4n) is 4.05. The highest BCUT2D eigenvalue weighted by molar-refractivity contribution is 6.00. The molecule has 3 rings (SSSR count). The Kier molecular flexibility index (Phi) is 9.94. The van der Waals surface area contributed by atoms with E-state index in [4.69, 9.17) is 22.6 Å². The maximum atomic E-state index is 13.1. The molecule has 0 radical (unpaired) electrons. The maximum absolute atomic E-state index is 13.1. The molecular weight excluding hydrogens is 534 g/mol. The van der Waals surface area contributed by atoms with Gasteiger partial charge in [0, 0.05) is 36.3 Å². The van der Waals surface area contributed by atoms with Gasteiger partial charge in [-0.2, -0.15) is 0 Å². The van der Waals surface area contributed by atoms with E-state index in [-0.39, 0.29) is 49.1 Å². The number of benzene rings is 2. The normalized spacial score (nSPS) is 14.6. The van der Waals surface area contributed by atoms with Crippen molar-refractivity contribution >= 4 is 41.4 Å². The van der Waals surface area contributed by atoms with Gasteiger partial charge >= 0.3 is 5.97 Å². The van der Waals surface area contributed by atoms with Crippen LogP contribution in [0, 0.1) is 5.41 Å². The Bertz CT molecular complexity index is 1350. The van der Waals surface area contributed by atoms with Crippen LogP contribution in [0.3, 0.4) is 0 Å². The van der Waals surface area contributed by atoms with Gasteiger partial charge in [0.15, 0.2) is 5.96 Å². The van der Waals surface area contributed by atoms with E-state index < -0.39 is 48.7 Å². The van der Waals surface area contributed by atoms with Gasteiger partial charge in [0.1, 0.15) is 18.4 Å². The van der Waals surface area contributed by atoms with E-state index in [0.717, 1.165) is 10.5 Å². The molecular formula is C26H31N9O6. The number of nitrogens with two attached hydrogens (primary N) is 3. The molecule has 0 saturated carbocycles. The number of hydrogen-bond acceptors (Lipinski definition) is 7. The van der Waals surface area contributed by atoms with Crippen LogP contribution in [0.2, 0.25) is 0 Å². The second-order valence-corrected chi connectivity index (χ2v) is 9.08. The summed E-state index contributed by atoms with van der Waals surface area (Å²) in [6.45, 7) is -1.08. The van der Waals surface area contributed by atoms with Gasteiger partial charge in [-0.3, -0.25) is 29.4 Å². The van der Waals surface area contributed by atoms with Crippen LogP contribution in [0.25, 0.3) is 0 Å². The first-order valence-corrected chi connectivity index (χ1v) is 12.4. The molecule has 4 amide bonds. The van der Waals surface area contributed by atoms with Crippen molar-refractivity contribution in [2.75, 3.05) is 32.7 Å². The highest BCUT2D eigenvalue weighted by Gasteiger charge is 2.38. The van der Waals surface area contributed by atoms with E-state index in [0.29, 0.717) is 5.56 Å². The summed E-state index contributed by atoms with van der Waals surface area (Å²) in [4.78, 5) is 68.9.